The molecule has 1 saturated heterocycles. The van der Waals surface area contributed by atoms with Crippen molar-refractivity contribution < 1.29 is 4.79 Å². The van der Waals surface area contributed by atoms with E-state index in [0.717, 1.165) is 19.4 Å². The Morgan fingerprint density at radius 2 is 2.15 bits per heavy atom. The standard InChI is InChI=1S/C16H22N2OS/c1-11-9-14(13-5-3-4-6-15(13)20-11)17-12-7-8-16(19)18(2)10-12/h3-6,11-12,14,17H,7-10H2,1-2H3. The van der Waals surface area contributed by atoms with E-state index in [1.807, 2.05) is 23.7 Å². The van der Waals surface area contributed by atoms with Gasteiger partial charge in [-0.2, -0.15) is 0 Å². The first-order valence-corrected chi connectivity index (χ1v) is 8.27. The van der Waals surface area contributed by atoms with Crippen molar-refractivity contribution in [1.29, 1.82) is 0 Å². The third-order valence-corrected chi connectivity index (χ3v) is 5.47. The molecule has 3 nitrogen and oxygen atoms in total. The van der Waals surface area contributed by atoms with Gasteiger partial charge in [0.25, 0.3) is 0 Å². The average Bonchev–Trinajstić information content (AvgIpc) is 2.43. The van der Waals surface area contributed by atoms with E-state index < -0.39 is 0 Å². The molecule has 1 fully saturated rings. The minimum absolute atomic E-state index is 0.274. The lowest BCUT2D eigenvalue weighted by Gasteiger charge is -2.36. The van der Waals surface area contributed by atoms with E-state index in [-0.39, 0.29) is 5.91 Å². The molecule has 2 aliphatic heterocycles. The van der Waals surface area contributed by atoms with Gasteiger partial charge in [0.2, 0.25) is 5.91 Å². The molecule has 1 amide bonds. The first-order chi connectivity index (χ1) is 9.63. The summed E-state index contributed by atoms with van der Waals surface area (Å²) in [6.45, 7) is 3.13. The number of piperidine rings is 1. The number of nitrogens with zero attached hydrogens (tertiary/aromatic N) is 1. The van der Waals surface area contributed by atoms with Gasteiger partial charge in [0.15, 0.2) is 0 Å². The van der Waals surface area contributed by atoms with E-state index >= 15 is 0 Å². The Morgan fingerprint density at radius 3 is 2.95 bits per heavy atom. The molecule has 2 heterocycles. The first-order valence-electron chi connectivity index (χ1n) is 7.39. The molecule has 4 heteroatoms. The molecule has 0 spiro atoms. The second-order valence-electron chi connectivity index (χ2n) is 5.93. The van der Waals surface area contributed by atoms with Gasteiger partial charge in [0.05, 0.1) is 0 Å². The van der Waals surface area contributed by atoms with Crippen LogP contribution < -0.4 is 5.32 Å². The van der Waals surface area contributed by atoms with Crippen LogP contribution in [0.4, 0.5) is 0 Å². The average molecular weight is 290 g/mol. The van der Waals surface area contributed by atoms with Crippen LogP contribution in [0.15, 0.2) is 29.2 Å². The molecule has 2 aliphatic rings. The minimum Gasteiger partial charge on any atom is -0.344 e. The van der Waals surface area contributed by atoms with Crippen molar-refractivity contribution in [3.8, 4) is 0 Å². The zero-order valence-electron chi connectivity index (χ0n) is 12.1. The normalized spacial score (nSPS) is 30.2. The number of nitrogens with one attached hydrogen (secondary N) is 1. The minimum atomic E-state index is 0.274. The largest absolute Gasteiger partial charge is 0.344 e. The maximum atomic E-state index is 11.6. The summed E-state index contributed by atoms with van der Waals surface area (Å²) in [4.78, 5) is 14.8. The zero-order chi connectivity index (χ0) is 14.1. The summed E-state index contributed by atoms with van der Waals surface area (Å²) >= 11 is 1.97. The fourth-order valence-corrected chi connectivity index (χ4v) is 4.42. The van der Waals surface area contributed by atoms with Gasteiger partial charge in [0.1, 0.15) is 0 Å². The number of benzene rings is 1. The van der Waals surface area contributed by atoms with Crippen LogP contribution in [0.1, 0.15) is 37.8 Å². The van der Waals surface area contributed by atoms with Gasteiger partial charge < -0.3 is 10.2 Å². The molecule has 0 saturated carbocycles. The monoisotopic (exact) mass is 290 g/mol. The van der Waals surface area contributed by atoms with Crippen molar-refractivity contribution in [2.24, 2.45) is 0 Å². The van der Waals surface area contributed by atoms with Crippen molar-refractivity contribution in [2.45, 2.75) is 48.4 Å². The molecule has 1 N–H and O–H groups in total. The van der Waals surface area contributed by atoms with Crippen LogP contribution in [-0.2, 0) is 4.79 Å². The maximum Gasteiger partial charge on any atom is 0.222 e. The van der Waals surface area contributed by atoms with Crippen LogP contribution in [0, 0.1) is 0 Å². The van der Waals surface area contributed by atoms with Gasteiger partial charge in [-0.3, -0.25) is 4.79 Å². The summed E-state index contributed by atoms with van der Waals surface area (Å²) in [7, 11) is 1.91. The highest BCUT2D eigenvalue weighted by molar-refractivity contribution is 8.00. The highest BCUT2D eigenvalue weighted by Crippen LogP contribution is 2.40. The topological polar surface area (TPSA) is 32.3 Å². The van der Waals surface area contributed by atoms with Gasteiger partial charge in [0, 0.05) is 42.2 Å². The molecule has 0 aliphatic carbocycles. The summed E-state index contributed by atoms with van der Waals surface area (Å²) in [5.74, 6) is 0.274. The second-order valence-corrected chi connectivity index (χ2v) is 7.41. The van der Waals surface area contributed by atoms with E-state index in [0.29, 0.717) is 23.8 Å². The Hall–Kier alpha value is -1.00. The number of hydrogen-bond donors (Lipinski definition) is 1. The molecular weight excluding hydrogens is 268 g/mol. The summed E-state index contributed by atoms with van der Waals surface area (Å²) in [5, 5.41) is 4.43. The number of likely N-dealkylation sites (tertiary alicyclic amines) is 1. The SMILES string of the molecule is CC1CC(NC2CCC(=O)N(C)C2)c2ccccc2S1. The van der Waals surface area contributed by atoms with Gasteiger partial charge >= 0.3 is 0 Å². The lowest BCUT2D eigenvalue weighted by molar-refractivity contribution is -0.132. The van der Waals surface area contributed by atoms with Gasteiger partial charge in [-0.15, -0.1) is 11.8 Å². The number of hydrogen-bond acceptors (Lipinski definition) is 3. The number of amides is 1. The Morgan fingerprint density at radius 1 is 1.35 bits per heavy atom. The molecular formula is C16H22N2OS. The number of fused-ring (bicyclic) bond motifs is 1. The van der Waals surface area contributed by atoms with Gasteiger partial charge in [-0.25, -0.2) is 0 Å². The fourth-order valence-electron chi connectivity index (χ4n) is 3.19. The van der Waals surface area contributed by atoms with Crippen LogP contribution in [0.5, 0.6) is 0 Å². The summed E-state index contributed by atoms with van der Waals surface area (Å²) in [6, 6.07) is 9.55. The number of carbonyl (C=O) groups excluding carboxylic acids is 1. The number of likely N-dealkylation sites (N-methyl/N-ethyl adjacent to an activating group) is 1. The number of thioether (sulfide) groups is 1. The molecule has 108 valence electrons. The molecule has 1 aromatic carbocycles. The predicted molar refractivity (Wildman–Crippen MR) is 82.9 cm³/mol. The van der Waals surface area contributed by atoms with Crippen LogP contribution in [0.3, 0.4) is 0 Å². The number of carbonyl (C=O) groups is 1. The van der Waals surface area contributed by atoms with E-state index in [1.165, 1.54) is 10.5 Å². The van der Waals surface area contributed by atoms with Crippen LogP contribution in [0.25, 0.3) is 0 Å². The molecule has 0 bridgehead atoms. The summed E-state index contributed by atoms with van der Waals surface area (Å²) in [5.41, 5.74) is 1.43. The molecule has 3 atom stereocenters. The van der Waals surface area contributed by atoms with Crippen molar-refractivity contribution in [3.63, 3.8) is 0 Å². The van der Waals surface area contributed by atoms with E-state index in [1.54, 1.807) is 0 Å². The van der Waals surface area contributed by atoms with E-state index in [9.17, 15) is 4.79 Å². The third kappa shape index (κ3) is 2.86. The Labute approximate surface area is 125 Å². The maximum absolute atomic E-state index is 11.6. The quantitative estimate of drug-likeness (QED) is 0.909. The van der Waals surface area contributed by atoms with Crippen LogP contribution >= 0.6 is 11.8 Å². The Balaban J connectivity index is 1.73. The molecule has 3 unspecified atom stereocenters. The lowest BCUT2D eigenvalue weighted by atomic mass is 9.98. The highest BCUT2D eigenvalue weighted by atomic mass is 32.2. The zero-order valence-corrected chi connectivity index (χ0v) is 13.0. The Kier molecular flexibility index (Phi) is 4.03. The smallest absolute Gasteiger partial charge is 0.222 e. The highest BCUT2D eigenvalue weighted by Gasteiger charge is 2.29. The van der Waals surface area contributed by atoms with Crippen molar-refractivity contribution in [3.05, 3.63) is 29.8 Å². The summed E-state index contributed by atoms with van der Waals surface area (Å²) < 4.78 is 0. The van der Waals surface area contributed by atoms with E-state index in [4.69, 9.17) is 0 Å². The Bertz CT molecular complexity index is 505. The number of rotatable bonds is 2. The fraction of sp³-hybridized carbons (Fsp3) is 0.562. The van der Waals surface area contributed by atoms with Gasteiger partial charge in [-0.05, 0) is 24.5 Å². The van der Waals surface area contributed by atoms with E-state index in [2.05, 4.69) is 36.5 Å². The first kappa shape index (κ1) is 14.0. The van der Waals surface area contributed by atoms with Gasteiger partial charge in [-0.1, -0.05) is 25.1 Å². The molecule has 3 rings (SSSR count). The molecule has 1 aromatic rings. The molecule has 0 radical (unpaired) electrons. The van der Waals surface area contributed by atoms with Crippen LogP contribution in [0.2, 0.25) is 0 Å². The predicted octanol–water partition coefficient (Wildman–Crippen LogP) is 2.82. The molecule has 0 aromatic heterocycles. The third-order valence-electron chi connectivity index (χ3n) is 4.25. The lowest BCUT2D eigenvalue weighted by Crippen LogP contribution is -2.48. The van der Waals surface area contributed by atoms with Crippen molar-refractivity contribution in [2.75, 3.05) is 13.6 Å². The van der Waals surface area contributed by atoms with Crippen LogP contribution in [-0.4, -0.2) is 35.7 Å². The van der Waals surface area contributed by atoms with Crippen molar-refractivity contribution in [1.82, 2.24) is 10.2 Å². The summed E-state index contributed by atoms with van der Waals surface area (Å²) in [6.07, 6.45) is 2.80. The molecule has 20 heavy (non-hydrogen) atoms. The van der Waals surface area contributed by atoms with Crippen molar-refractivity contribution >= 4 is 17.7 Å². The second kappa shape index (κ2) is 5.78.